The molecular weight excluding hydrogens is 373 g/mol. The zero-order chi connectivity index (χ0) is 17.8. The van der Waals surface area contributed by atoms with E-state index in [1.807, 2.05) is 16.8 Å². The maximum absolute atomic E-state index is 12.8. The number of rotatable bonds is 4. The minimum atomic E-state index is -0.0710. The predicted molar refractivity (Wildman–Crippen MR) is 106 cm³/mol. The summed E-state index contributed by atoms with van der Waals surface area (Å²) in [5.41, 5.74) is 0.632. The number of piperidine rings is 1. The van der Waals surface area contributed by atoms with Crippen LogP contribution in [0.15, 0.2) is 24.3 Å². The van der Waals surface area contributed by atoms with Crippen molar-refractivity contribution in [1.82, 2.24) is 15.1 Å². The minimum Gasteiger partial charge on any atom is -0.342 e. The molecule has 1 aromatic rings. The third kappa shape index (κ3) is 4.90. The average Bonchev–Trinajstić information content (AvgIpc) is 3.10. The number of hydrogen-bond donors (Lipinski definition) is 1. The lowest BCUT2D eigenvalue weighted by Gasteiger charge is -2.34. The summed E-state index contributed by atoms with van der Waals surface area (Å²) in [7, 11) is 1.95. The Morgan fingerprint density at radius 1 is 1.12 bits per heavy atom. The van der Waals surface area contributed by atoms with E-state index in [0.29, 0.717) is 29.6 Å². The van der Waals surface area contributed by atoms with E-state index in [1.165, 1.54) is 0 Å². The van der Waals surface area contributed by atoms with Gasteiger partial charge in [-0.05, 0) is 63.0 Å². The van der Waals surface area contributed by atoms with Gasteiger partial charge in [0.1, 0.15) is 0 Å². The van der Waals surface area contributed by atoms with Gasteiger partial charge in [0.15, 0.2) is 0 Å². The lowest BCUT2D eigenvalue weighted by molar-refractivity contribution is -0.136. The van der Waals surface area contributed by atoms with E-state index >= 15 is 0 Å². The highest BCUT2D eigenvalue weighted by molar-refractivity contribution is 6.30. The van der Waals surface area contributed by atoms with Crippen LogP contribution in [0.25, 0.3) is 0 Å². The van der Waals surface area contributed by atoms with E-state index < -0.39 is 0 Å². The summed E-state index contributed by atoms with van der Waals surface area (Å²) in [4.78, 5) is 29.3. The van der Waals surface area contributed by atoms with Crippen LogP contribution in [0.4, 0.5) is 0 Å². The van der Waals surface area contributed by atoms with Crippen molar-refractivity contribution in [2.24, 2.45) is 11.8 Å². The fourth-order valence-electron chi connectivity index (χ4n) is 3.88. The first-order valence-corrected chi connectivity index (χ1v) is 9.44. The number of carbonyl (C=O) groups excluding carboxylic acids is 2. The molecule has 0 aliphatic carbocycles. The summed E-state index contributed by atoms with van der Waals surface area (Å²) in [5, 5.41) is 3.81. The molecule has 26 heavy (non-hydrogen) atoms. The molecule has 0 radical (unpaired) electrons. The Morgan fingerprint density at radius 3 is 2.54 bits per heavy atom. The maximum Gasteiger partial charge on any atom is 0.253 e. The predicted octanol–water partition coefficient (Wildman–Crippen LogP) is 2.68. The molecule has 3 rings (SSSR count). The van der Waals surface area contributed by atoms with E-state index in [2.05, 4.69) is 5.32 Å². The molecule has 0 saturated carbocycles. The van der Waals surface area contributed by atoms with Crippen LogP contribution in [0.1, 0.15) is 29.6 Å². The van der Waals surface area contributed by atoms with Gasteiger partial charge in [-0.3, -0.25) is 9.59 Å². The lowest BCUT2D eigenvalue weighted by Crippen LogP contribution is -2.46. The summed E-state index contributed by atoms with van der Waals surface area (Å²) in [5.74, 6) is 0.679. The largest absolute Gasteiger partial charge is 0.342 e. The van der Waals surface area contributed by atoms with Crippen LogP contribution >= 0.6 is 24.0 Å². The molecule has 2 fully saturated rings. The first kappa shape index (κ1) is 21.0. The second-order valence-electron chi connectivity index (χ2n) is 7.09. The van der Waals surface area contributed by atoms with Crippen molar-refractivity contribution in [1.29, 1.82) is 0 Å². The number of carbonyl (C=O) groups is 2. The van der Waals surface area contributed by atoms with E-state index in [-0.39, 0.29) is 30.1 Å². The van der Waals surface area contributed by atoms with Crippen LogP contribution in [-0.4, -0.2) is 61.4 Å². The van der Waals surface area contributed by atoms with Crippen molar-refractivity contribution in [3.63, 3.8) is 0 Å². The quantitative estimate of drug-likeness (QED) is 0.846. The third-order valence-electron chi connectivity index (χ3n) is 5.24. The van der Waals surface area contributed by atoms with Crippen molar-refractivity contribution < 1.29 is 9.59 Å². The molecular formula is C19H27Cl2N3O2. The van der Waals surface area contributed by atoms with Crippen LogP contribution in [0.2, 0.25) is 5.02 Å². The summed E-state index contributed by atoms with van der Waals surface area (Å²) < 4.78 is 0. The van der Waals surface area contributed by atoms with Gasteiger partial charge in [0.25, 0.3) is 5.91 Å². The second-order valence-corrected chi connectivity index (χ2v) is 7.53. The number of likely N-dealkylation sites (tertiary alicyclic amines) is 2. The Bertz CT molecular complexity index is 624. The Hall–Kier alpha value is -1.30. The van der Waals surface area contributed by atoms with Gasteiger partial charge in [0.05, 0.1) is 5.92 Å². The normalized spacial score (nSPS) is 22.8. The summed E-state index contributed by atoms with van der Waals surface area (Å²) in [6.07, 6.45) is 2.81. The third-order valence-corrected chi connectivity index (χ3v) is 5.49. The molecule has 2 saturated heterocycles. The van der Waals surface area contributed by atoms with Crippen molar-refractivity contribution >= 4 is 35.8 Å². The van der Waals surface area contributed by atoms with Gasteiger partial charge in [-0.15, -0.1) is 12.4 Å². The van der Waals surface area contributed by atoms with Crippen LogP contribution in [0.3, 0.4) is 0 Å². The molecule has 2 heterocycles. The molecule has 1 aromatic carbocycles. The number of hydrogen-bond acceptors (Lipinski definition) is 3. The Labute approximate surface area is 166 Å². The summed E-state index contributed by atoms with van der Waals surface area (Å²) >= 11 is 5.89. The van der Waals surface area contributed by atoms with E-state index in [4.69, 9.17) is 11.6 Å². The number of halogens is 2. The molecule has 2 unspecified atom stereocenters. The standard InChI is InChI=1S/C19H26ClN3O2.ClH/c1-21-11-14-8-10-23(12-14)19(25)16-3-2-9-22(13-16)18(24)15-4-6-17(20)7-5-15;/h4-7,14,16,21H,2-3,8-13H2,1H3;1H. The number of benzene rings is 1. The molecule has 2 atom stereocenters. The molecule has 0 bridgehead atoms. The van der Waals surface area contributed by atoms with E-state index in [9.17, 15) is 9.59 Å². The average molecular weight is 400 g/mol. The van der Waals surface area contributed by atoms with Gasteiger partial charge in [-0.1, -0.05) is 11.6 Å². The Morgan fingerprint density at radius 2 is 1.85 bits per heavy atom. The fraction of sp³-hybridized carbons (Fsp3) is 0.579. The van der Waals surface area contributed by atoms with Crippen LogP contribution in [0, 0.1) is 11.8 Å². The van der Waals surface area contributed by atoms with Crippen LogP contribution in [0.5, 0.6) is 0 Å². The highest BCUT2D eigenvalue weighted by Crippen LogP contribution is 2.24. The molecule has 0 aromatic heterocycles. The molecule has 2 aliphatic rings. The fourth-order valence-corrected chi connectivity index (χ4v) is 4.01. The minimum absolute atomic E-state index is 0. The topological polar surface area (TPSA) is 52.7 Å². The zero-order valence-electron chi connectivity index (χ0n) is 15.1. The Balaban J connectivity index is 0.00000243. The van der Waals surface area contributed by atoms with E-state index in [1.54, 1.807) is 24.3 Å². The van der Waals surface area contributed by atoms with Crippen LogP contribution in [-0.2, 0) is 4.79 Å². The SMILES string of the molecule is CNCC1CCN(C(=O)C2CCCN(C(=O)c3ccc(Cl)cc3)C2)C1.Cl. The second kappa shape index (κ2) is 9.58. The van der Waals surface area contributed by atoms with Gasteiger partial charge >= 0.3 is 0 Å². The molecule has 144 valence electrons. The number of amides is 2. The van der Waals surface area contributed by atoms with Crippen molar-refractivity contribution in [3.8, 4) is 0 Å². The van der Waals surface area contributed by atoms with E-state index in [0.717, 1.165) is 38.9 Å². The number of nitrogens with one attached hydrogen (secondary N) is 1. The maximum atomic E-state index is 12.8. The molecule has 1 N–H and O–H groups in total. The highest BCUT2D eigenvalue weighted by atomic mass is 35.5. The molecule has 5 nitrogen and oxygen atoms in total. The first-order valence-electron chi connectivity index (χ1n) is 9.06. The monoisotopic (exact) mass is 399 g/mol. The Kier molecular flexibility index (Phi) is 7.74. The van der Waals surface area contributed by atoms with Gasteiger partial charge in [-0.25, -0.2) is 0 Å². The first-order chi connectivity index (χ1) is 12.1. The van der Waals surface area contributed by atoms with Gasteiger partial charge in [0.2, 0.25) is 5.91 Å². The molecule has 0 spiro atoms. The molecule has 2 aliphatic heterocycles. The molecule has 7 heteroatoms. The zero-order valence-corrected chi connectivity index (χ0v) is 16.7. The van der Waals surface area contributed by atoms with Gasteiger partial charge in [-0.2, -0.15) is 0 Å². The lowest BCUT2D eigenvalue weighted by atomic mass is 9.96. The highest BCUT2D eigenvalue weighted by Gasteiger charge is 2.34. The summed E-state index contributed by atoms with van der Waals surface area (Å²) in [6, 6.07) is 6.96. The van der Waals surface area contributed by atoms with Gasteiger partial charge in [0, 0.05) is 36.8 Å². The number of nitrogens with zero attached hydrogens (tertiary/aromatic N) is 2. The molecule has 2 amide bonds. The van der Waals surface area contributed by atoms with Crippen molar-refractivity contribution in [2.75, 3.05) is 39.8 Å². The summed E-state index contributed by atoms with van der Waals surface area (Å²) in [6.45, 7) is 3.87. The van der Waals surface area contributed by atoms with Crippen LogP contribution < -0.4 is 5.32 Å². The van der Waals surface area contributed by atoms with Crippen molar-refractivity contribution in [3.05, 3.63) is 34.9 Å². The van der Waals surface area contributed by atoms with Crippen molar-refractivity contribution in [2.45, 2.75) is 19.3 Å². The van der Waals surface area contributed by atoms with Gasteiger partial charge < -0.3 is 15.1 Å². The smallest absolute Gasteiger partial charge is 0.253 e.